The van der Waals surface area contributed by atoms with Crippen molar-refractivity contribution in [2.75, 3.05) is 21.3 Å². The molecular formula is C18H21NO5. The maximum Gasteiger partial charge on any atom is 0.336 e. The summed E-state index contributed by atoms with van der Waals surface area (Å²) in [6.07, 6.45) is 0. The molecule has 6 heteroatoms. The maximum absolute atomic E-state index is 12.3. The zero-order valence-electron chi connectivity index (χ0n) is 14.5. The predicted octanol–water partition coefficient (Wildman–Crippen LogP) is 2.49. The third-order valence-electron chi connectivity index (χ3n) is 4.16. The molecule has 0 aliphatic carbocycles. The van der Waals surface area contributed by atoms with Crippen LogP contribution in [0.25, 0.3) is 0 Å². The molecule has 2 rings (SSSR count). The van der Waals surface area contributed by atoms with E-state index >= 15 is 0 Å². The highest BCUT2D eigenvalue weighted by atomic mass is 16.5. The first-order valence-electron chi connectivity index (χ1n) is 7.50. The Labute approximate surface area is 141 Å². The molecule has 1 aromatic rings. The smallest absolute Gasteiger partial charge is 0.336 e. The summed E-state index contributed by atoms with van der Waals surface area (Å²) in [5.41, 5.74) is 2.30. The standard InChI is InChI=1S/C18H21NO5/c1-10-14(17(20)23-4)16(12-6-8-13(22-3)9-7-12)15(11(2)19-10)18(21)24-5/h6-9,14,16H,1-5H3. The Morgan fingerprint density at radius 3 is 2.12 bits per heavy atom. The van der Waals surface area contributed by atoms with Gasteiger partial charge in [-0.15, -0.1) is 0 Å². The molecular weight excluding hydrogens is 310 g/mol. The second-order valence-corrected chi connectivity index (χ2v) is 5.50. The van der Waals surface area contributed by atoms with Crippen LogP contribution in [-0.2, 0) is 19.1 Å². The van der Waals surface area contributed by atoms with E-state index in [2.05, 4.69) is 4.99 Å². The van der Waals surface area contributed by atoms with Crippen molar-refractivity contribution >= 4 is 17.7 Å². The number of rotatable bonds is 4. The minimum absolute atomic E-state index is 0.365. The van der Waals surface area contributed by atoms with Gasteiger partial charge in [0.15, 0.2) is 0 Å². The second-order valence-electron chi connectivity index (χ2n) is 5.50. The summed E-state index contributed by atoms with van der Waals surface area (Å²) in [5.74, 6) is -1.45. The van der Waals surface area contributed by atoms with E-state index in [0.29, 0.717) is 22.7 Å². The van der Waals surface area contributed by atoms with Crippen LogP contribution >= 0.6 is 0 Å². The van der Waals surface area contributed by atoms with Crippen molar-refractivity contribution in [1.29, 1.82) is 0 Å². The van der Waals surface area contributed by atoms with Crippen LogP contribution in [0.2, 0.25) is 0 Å². The molecule has 1 heterocycles. The van der Waals surface area contributed by atoms with Crippen LogP contribution in [0.1, 0.15) is 25.3 Å². The highest BCUT2D eigenvalue weighted by Crippen LogP contribution is 2.40. The third-order valence-corrected chi connectivity index (χ3v) is 4.16. The summed E-state index contributed by atoms with van der Waals surface area (Å²) >= 11 is 0. The van der Waals surface area contributed by atoms with Crippen LogP contribution in [0.3, 0.4) is 0 Å². The van der Waals surface area contributed by atoms with Gasteiger partial charge in [-0.25, -0.2) is 4.79 Å². The van der Waals surface area contributed by atoms with Gasteiger partial charge in [0.25, 0.3) is 0 Å². The Morgan fingerprint density at radius 1 is 1.00 bits per heavy atom. The van der Waals surface area contributed by atoms with Crippen molar-refractivity contribution in [3.05, 3.63) is 41.1 Å². The van der Waals surface area contributed by atoms with Crippen molar-refractivity contribution in [3.63, 3.8) is 0 Å². The molecule has 0 fully saturated rings. The topological polar surface area (TPSA) is 74.2 Å². The van der Waals surface area contributed by atoms with E-state index in [1.807, 2.05) is 12.1 Å². The van der Waals surface area contributed by atoms with Crippen LogP contribution < -0.4 is 4.74 Å². The lowest BCUT2D eigenvalue weighted by Crippen LogP contribution is -2.36. The molecule has 1 aromatic carbocycles. The first kappa shape index (κ1) is 17.7. The minimum atomic E-state index is -0.679. The van der Waals surface area contributed by atoms with Gasteiger partial charge in [-0.3, -0.25) is 9.79 Å². The van der Waals surface area contributed by atoms with E-state index < -0.39 is 23.8 Å². The molecule has 0 saturated carbocycles. The lowest BCUT2D eigenvalue weighted by Gasteiger charge is -2.31. The molecule has 0 aromatic heterocycles. The van der Waals surface area contributed by atoms with Crippen LogP contribution in [-0.4, -0.2) is 39.0 Å². The average Bonchev–Trinajstić information content (AvgIpc) is 2.60. The zero-order valence-corrected chi connectivity index (χ0v) is 14.5. The molecule has 0 radical (unpaired) electrons. The first-order chi connectivity index (χ1) is 11.4. The highest BCUT2D eigenvalue weighted by Gasteiger charge is 2.41. The van der Waals surface area contributed by atoms with E-state index in [0.717, 1.165) is 5.56 Å². The van der Waals surface area contributed by atoms with Crippen molar-refractivity contribution in [3.8, 4) is 5.75 Å². The van der Waals surface area contributed by atoms with Gasteiger partial charge >= 0.3 is 11.9 Å². The molecule has 24 heavy (non-hydrogen) atoms. The van der Waals surface area contributed by atoms with E-state index in [4.69, 9.17) is 14.2 Å². The monoisotopic (exact) mass is 331 g/mol. The fourth-order valence-electron chi connectivity index (χ4n) is 3.02. The summed E-state index contributed by atoms with van der Waals surface area (Å²) in [6.45, 7) is 3.50. The summed E-state index contributed by atoms with van der Waals surface area (Å²) in [7, 11) is 4.21. The average molecular weight is 331 g/mol. The first-order valence-corrected chi connectivity index (χ1v) is 7.50. The molecule has 2 atom stereocenters. The Kier molecular flexibility index (Phi) is 5.39. The number of hydrogen-bond acceptors (Lipinski definition) is 6. The van der Waals surface area contributed by atoms with E-state index in [9.17, 15) is 9.59 Å². The number of methoxy groups -OCH3 is 3. The summed E-state index contributed by atoms with van der Waals surface area (Å²) in [4.78, 5) is 29.0. The molecule has 1 aliphatic rings. The Morgan fingerprint density at radius 2 is 1.62 bits per heavy atom. The quantitative estimate of drug-likeness (QED) is 0.793. The van der Waals surface area contributed by atoms with Gasteiger partial charge in [-0.05, 0) is 31.5 Å². The summed E-state index contributed by atoms with van der Waals surface area (Å²) in [5, 5.41) is 0. The van der Waals surface area contributed by atoms with Crippen LogP contribution in [0.4, 0.5) is 0 Å². The number of aliphatic imine (C=N–C) groups is 1. The normalized spacial score (nSPS) is 20.3. The van der Waals surface area contributed by atoms with Gasteiger partial charge in [-0.1, -0.05) is 12.1 Å². The fraction of sp³-hybridized carbons (Fsp3) is 0.389. The minimum Gasteiger partial charge on any atom is -0.497 e. The van der Waals surface area contributed by atoms with E-state index in [1.54, 1.807) is 33.1 Å². The maximum atomic E-state index is 12.3. The largest absolute Gasteiger partial charge is 0.497 e. The molecule has 0 bridgehead atoms. The molecule has 0 amide bonds. The SMILES string of the molecule is COC(=O)C1=C(C)N=C(C)C(C(=O)OC)C1c1ccc(OC)cc1. The lowest BCUT2D eigenvalue weighted by molar-refractivity contribution is -0.143. The van der Waals surface area contributed by atoms with Crippen molar-refractivity contribution in [2.45, 2.75) is 19.8 Å². The number of carbonyl (C=O) groups is 2. The summed E-state index contributed by atoms with van der Waals surface area (Å²) < 4.78 is 15.0. The lowest BCUT2D eigenvalue weighted by atomic mass is 9.75. The number of carbonyl (C=O) groups excluding carboxylic acids is 2. The number of esters is 2. The molecule has 1 aliphatic heterocycles. The van der Waals surface area contributed by atoms with E-state index in [1.165, 1.54) is 14.2 Å². The van der Waals surface area contributed by atoms with Gasteiger partial charge in [0.2, 0.25) is 0 Å². The van der Waals surface area contributed by atoms with Crippen LogP contribution in [0.15, 0.2) is 40.5 Å². The molecule has 0 saturated heterocycles. The second kappa shape index (κ2) is 7.29. The van der Waals surface area contributed by atoms with Crippen LogP contribution in [0.5, 0.6) is 5.75 Å². The molecule has 128 valence electrons. The van der Waals surface area contributed by atoms with E-state index in [-0.39, 0.29) is 0 Å². The third kappa shape index (κ3) is 3.18. The van der Waals surface area contributed by atoms with Crippen molar-refractivity contribution in [1.82, 2.24) is 0 Å². The molecule has 6 nitrogen and oxygen atoms in total. The van der Waals surface area contributed by atoms with Gasteiger partial charge < -0.3 is 14.2 Å². The van der Waals surface area contributed by atoms with Gasteiger partial charge in [0.05, 0.1) is 26.9 Å². The van der Waals surface area contributed by atoms with Crippen molar-refractivity contribution < 1.29 is 23.8 Å². The fourth-order valence-corrected chi connectivity index (χ4v) is 3.02. The number of nitrogens with zero attached hydrogens (tertiary/aromatic N) is 1. The number of benzene rings is 1. The number of hydrogen-bond donors (Lipinski definition) is 0. The highest BCUT2D eigenvalue weighted by molar-refractivity contribution is 6.06. The predicted molar refractivity (Wildman–Crippen MR) is 89.1 cm³/mol. The Balaban J connectivity index is 2.62. The molecule has 2 unspecified atom stereocenters. The number of allylic oxidation sites excluding steroid dienone is 1. The Bertz CT molecular complexity index is 703. The van der Waals surface area contributed by atoms with Crippen molar-refractivity contribution in [2.24, 2.45) is 10.9 Å². The van der Waals surface area contributed by atoms with Gasteiger partial charge in [0.1, 0.15) is 11.7 Å². The zero-order chi connectivity index (χ0) is 17.9. The number of ether oxygens (including phenoxy) is 3. The Hall–Kier alpha value is -2.63. The van der Waals surface area contributed by atoms with Crippen LogP contribution in [0, 0.1) is 5.92 Å². The van der Waals surface area contributed by atoms with Gasteiger partial charge in [0, 0.05) is 17.3 Å². The summed E-state index contributed by atoms with van der Waals surface area (Å²) in [6, 6.07) is 7.23. The van der Waals surface area contributed by atoms with Gasteiger partial charge in [-0.2, -0.15) is 0 Å². The molecule has 0 spiro atoms. The molecule has 0 N–H and O–H groups in total.